The minimum atomic E-state index is -0.555. The summed E-state index contributed by atoms with van der Waals surface area (Å²) in [5.74, 6) is 1.35. The molecule has 0 saturated carbocycles. The van der Waals surface area contributed by atoms with Gasteiger partial charge in [0.05, 0.1) is 5.60 Å². The average molecular weight is 566 g/mol. The number of hydrogen-bond donors (Lipinski definition) is 2. The Labute approximate surface area is 246 Å². The summed E-state index contributed by atoms with van der Waals surface area (Å²) in [4.78, 5) is 29.9. The molecule has 1 aromatic heterocycles. The first-order valence-electron chi connectivity index (χ1n) is 15.3. The van der Waals surface area contributed by atoms with Gasteiger partial charge >= 0.3 is 0 Å². The van der Waals surface area contributed by atoms with Crippen molar-refractivity contribution in [2.45, 2.75) is 91.3 Å². The number of aromatic nitrogens is 2. The van der Waals surface area contributed by atoms with Gasteiger partial charge in [-0.1, -0.05) is 26.0 Å². The second kappa shape index (κ2) is 13.4. The second-order valence-corrected chi connectivity index (χ2v) is 13.0. The quantitative estimate of drug-likeness (QED) is 0.386. The zero-order valence-corrected chi connectivity index (χ0v) is 25.9. The molecule has 1 aromatic carbocycles. The zero-order chi connectivity index (χ0) is 29.6. The molecule has 2 aliphatic rings. The van der Waals surface area contributed by atoms with E-state index in [9.17, 15) is 4.79 Å². The number of hydrogen-bond acceptors (Lipinski definition) is 8. The van der Waals surface area contributed by atoms with E-state index in [0.717, 1.165) is 57.0 Å². The molecule has 4 rings (SSSR count). The Kier molecular flexibility index (Phi) is 10.1. The number of nitrogen functional groups attached to an aromatic ring is 1. The number of aryl methyl sites for hydroxylation is 1. The fraction of sp³-hybridized carbons (Fsp3) is 0.656. The van der Waals surface area contributed by atoms with Crippen LogP contribution in [0.1, 0.15) is 77.5 Å². The zero-order valence-electron chi connectivity index (χ0n) is 25.9. The van der Waals surface area contributed by atoms with Gasteiger partial charge < -0.3 is 30.9 Å². The summed E-state index contributed by atoms with van der Waals surface area (Å²) in [5.41, 5.74) is 14.2. The number of piperidine rings is 1. The Morgan fingerprint density at radius 2 is 1.73 bits per heavy atom. The highest BCUT2D eigenvalue weighted by atomic mass is 16.5. The first kappa shape index (κ1) is 31.0. The number of amides is 1. The van der Waals surface area contributed by atoms with Crippen LogP contribution in [0, 0.1) is 12.3 Å². The van der Waals surface area contributed by atoms with E-state index in [-0.39, 0.29) is 17.6 Å². The second-order valence-electron chi connectivity index (χ2n) is 13.0. The smallest absolute Gasteiger partial charge is 0.228 e. The van der Waals surface area contributed by atoms with E-state index in [1.807, 2.05) is 13.0 Å². The molecule has 9 heteroatoms. The monoisotopic (exact) mass is 565 g/mol. The van der Waals surface area contributed by atoms with Crippen molar-refractivity contribution in [2.75, 3.05) is 54.9 Å². The summed E-state index contributed by atoms with van der Waals surface area (Å²) >= 11 is 0. The first-order valence-corrected chi connectivity index (χ1v) is 15.3. The van der Waals surface area contributed by atoms with Gasteiger partial charge in [0.15, 0.2) is 0 Å². The van der Waals surface area contributed by atoms with E-state index in [2.05, 4.69) is 76.6 Å². The summed E-state index contributed by atoms with van der Waals surface area (Å²) in [7, 11) is 0. The number of anilines is 3. The number of benzene rings is 1. The van der Waals surface area contributed by atoms with Crippen molar-refractivity contribution in [3.05, 3.63) is 41.6 Å². The van der Waals surface area contributed by atoms with E-state index in [1.165, 1.54) is 24.1 Å². The molecule has 9 nitrogen and oxygen atoms in total. The van der Waals surface area contributed by atoms with Crippen molar-refractivity contribution in [3.8, 4) is 0 Å². The van der Waals surface area contributed by atoms with E-state index < -0.39 is 5.41 Å². The van der Waals surface area contributed by atoms with E-state index in [4.69, 9.17) is 16.2 Å². The van der Waals surface area contributed by atoms with Crippen LogP contribution >= 0.6 is 0 Å². The molecule has 0 atom stereocenters. The van der Waals surface area contributed by atoms with Gasteiger partial charge in [-0.3, -0.25) is 4.79 Å². The van der Waals surface area contributed by atoms with Crippen LogP contribution < -0.4 is 21.3 Å². The summed E-state index contributed by atoms with van der Waals surface area (Å²) < 4.78 is 6.17. The first-order chi connectivity index (χ1) is 19.5. The Bertz CT molecular complexity index is 1130. The number of carbonyl (C=O) groups excluding carboxylic acids is 1. The lowest BCUT2D eigenvalue weighted by atomic mass is 9.86. The number of carbonyl (C=O) groups is 1. The maximum atomic E-state index is 14.3. The Morgan fingerprint density at radius 1 is 1.02 bits per heavy atom. The van der Waals surface area contributed by atoms with Crippen LogP contribution in [-0.4, -0.2) is 71.7 Å². The van der Waals surface area contributed by atoms with Gasteiger partial charge in [-0.2, -0.15) is 4.98 Å². The Balaban J connectivity index is 1.50. The fourth-order valence-corrected chi connectivity index (χ4v) is 6.03. The maximum absolute atomic E-state index is 14.3. The lowest BCUT2D eigenvalue weighted by Gasteiger charge is -2.42. The van der Waals surface area contributed by atoms with E-state index in [1.54, 1.807) is 0 Å². The molecule has 0 spiro atoms. The number of rotatable bonds is 12. The normalized spacial score (nSPS) is 16.8. The molecular weight excluding hydrogens is 514 g/mol. The third-order valence-corrected chi connectivity index (χ3v) is 8.63. The van der Waals surface area contributed by atoms with Gasteiger partial charge in [0.25, 0.3) is 0 Å². The van der Waals surface area contributed by atoms with Crippen molar-refractivity contribution >= 4 is 23.4 Å². The molecule has 0 bridgehead atoms. The summed E-state index contributed by atoms with van der Waals surface area (Å²) in [6.07, 6.45) is 5.67. The van der Waals surface area contributed by atoms with Gasteiger partial charge in [0.1, 0.15) is 5.82 Å². The molecule has 0 radical (unpaired) electrons. The van der Waals surface area contributed by atoms with Crippen molar-refractivity contribution in [1.82, 2.24) is 14.9 Å². The van der Waals surface area contributed by atoms with Crippen LogP contribution in [0.4, 0.5) is 17.5 Å². The van der Waals surface area contributed by atoms with Crippen molar-refractivity contribution in [2.24, 2.45) is 11.1 Å². The highest BCUT2D eigenvalue weighted by molar-refractivity contribution is 5.82. The maximum Gasteiger partial charge on any atom is 0.228 e. The van der Waals surface area contributed by atoms with Gasteiger partial charge in [-0.25, -0.2) is 4.98 Å². The topological polar surface area (TPSA) is 114 Å². The SMILES string of the molecule is Cc1cc(N2CCC(N(Cc3cccc(N4CCCC4)c3)C(=O)C(C)(C)CCOC(C)(C)CCN)CC2)nc(N)n1. The average Bonchev–Trinajstić information content (AvgIpc) is 3.46. The molecule has 2 saturated heterocycles. The van der Waals surface area contributed by atoms with Crippen molar-refractivity contribution in [3.63, 3.8) is 0 Å². The third kappa shape index (κ3) is 8.32. The van der Waals surface area contributed by atoms with Crippen LogP contribution in [0.15, 0.2) is 30.3 Å². The van der Waals surface area contributed by atoms with Crippen LogP contribution in [-0.2, 0) is 16.1 Å². The summed E-state index contributed by atoms with van der Waals surface area (Å²) in [6.45, 7) is 15.7. The largest absolute Gasteiger partial charge is 0.375 e. The van der Waals surface area contributed by atoms with Crippen LogP contribution in [0.3, 0.4) is 0 Å². The minimum absolute atomic E-state index is 0.142. The highest BCUT2D eigenvalue weighted by Crippen LogP contribution is 2.32. The van der Waals surface area contributed by atoms with E-state index in [0.29, 0.717) is 32.1 Å². The molecule has 226 valence electrons. The molecule has 0 aliphatic carbocycles. The van der Waals surface area contributed by atoms with Crippen LogP contribution in [0.25, 0.3) is 0 Å². The minimum Gasteiger partial charge on any atom is -0.375 e. The molecule has 0 unspecified atom stereocenters. The van der Waals surface area contributed by atoms with Gasteiger partial charge in [0.2, 0.25) is 11.9 Å². The molecule has 41 heavy (non-hydrogen) atoms. The molecule has 3 heterocycles. The molecule has 4 N–H and O–H groups in total. The lowest BCUT2D eigenvalue weighted by molar-refractivity contribution is -0.146. The standard InChI is InChI=1S/C32H51N7O2/c1-24-21-28(36-30(34)35-24)38-18-11-26(12-19-38)39(23-25-9-8-10-27(22-25)37-16-6-7-17-37)29(40)31(2,3)14-20-41-32(4,5)13-15-33/h8-10,21-22,26H,6-7,11-20,23,33H2,1-5H3,(H2,34,35,36). The van der Waals surface area contributed by atoms with Crippen LogP contribution in [0.2, 0.25) is 0 Å². The highest BCUT2D eigenvalue weighted by Gasteiger charge is 2.37. The predicted molar refractivity (Wildman–Crippen MR) is 167 cm³/mol. The Hall–Kier alpha value is -2.91. The van der Waals surface area contributed by atoms with E-state index >= 15 is 0 Å². The molecule has 2 aromatic rings. The Morgan fingerprint density at radius 3 is 2.39 bits per heavy atom. The third-order valence-electron chi connectivity index (χ3n) is 8.63. The summed E-state index contributed by atoms with van der Waals surface area (Å²) in [6, 6.07) is 10.9. The molecular formula is C32H51N7O2. The van der Waals surface area contributed by atoms with Gasteiger partial charge in [-0.15, -0.1) is 0 Å². The van der Waals surface area contributed by atoms with Crippen molar-refractivity contribution < 1.29 is 9.53 Å². The van der Waals surface area contributed by atoms with Gasteiger partial charge in [-0.05, 0) is 83.5 Å². The fourth-order valence-electron chi connectivity index (χ4n) is 6.03. The molecule has 2 fully saturated rings. The molecule has 1 amide bonds. The number of ether oxygens (including phenoxy) is 1. The summed E-state index contributed by atoms with van der Waals surface area (Å²) in [5, 5.41) is 0. The lowest BCUT2D eigenvalue weighted by Crippen LogP contribution is -2.51. The van der Waals surface area contributed by atoms with Gasteiger partial charge in [0, 0.05) is 68.2 Å². The molecule has 2 aliphatic heterocycles. The number of nitrogens with two attached hydrogens (primary N) is 2. The van der Waals surface area contributed by atoms with Crippen molar-refractivity contribution in [1.29, 1.82) is 0 Å². The predicted octanol–water partition coefficient (Wildman–Crippen LogP) is 4.53. The number of nitrogens with zero attached hydrogens (tertiary/aromatic N) is 5. The van der Waals surface area contributed by atoms with Crippen LogP contribution in [0.5, 0.6) is 0 Å².